The first kappa shape index (κ1) is 21.0. The Morgan fingerprint density at radius 2 is 1.78 bits per heavy atom. The molecule has 0 radical (unpaired) electrons. The summed E-state index contributed by atoms with van der Waals surface area (Å²) in [6.07, 6.45) is 0. The van der Waals surface area contributed by atoms with Gasteiger partial charge in [0.1, 0.15) is 5.69 Å². The van der Waals surface area contributed by atoms with Gasteiger partial charge < -0.3 is 10.0 Å². The molecule has 3 aromatic rings. The predicted molar refractivity (Wildman–Crippen MR) is 122 cm³/mol. The van der Waals surface area contributed by atoms with E-state index < -0.39 is 5.97 Å². The second kappa shape index (κ2) is 8.48. The first-order valence-electron chi connectivity index (χ1n) is 10.3. The van der Waals surface area contributed by atoms with Crippen LogP contribution in [0.25, 0.3) is 11.1 Å². The Morgan fingerprint density at radius 3 is 2.44 bits per heavy atom. The van der Waals surface area contributed by atoms with Gasteiger partial charge in [-0.2, -0.15) is 5.26 Å². The Bertz CT molecular complexity index is 1280. The number of aromatic carboxylic acids is 1. The molecule has 1 amide bonds. The van der Waals surface area contributed by atoms with Crippen molar-refractivity contribution in [2.45, 2.75) is 20.4 Å². The molecule has 0 spiro atoms. The Balaban J connectivity index is 1.83. The molecule has 0 bridgehead atoms. The van der Waals surface area contributed by atoms with Crippen molar-refractivity contribution in [3.8, 4) is 6.07 Å². The van der Waals surface area contributed by atoms with Gasteiger partial charge in [-0.1, -0.05) is 50.2 Å². The third-order valence-corrected chi connectivity index (χ3v) is 5.44. The van der Waals surface area contributed by atoms with Crippen molar-refractivity contribution in [2.75, 3.05) is 4.90 Å². The number of para-hydroxylation sites is 1. The van der Waals surface area contributed by atoms with E-state index in [0.717, 1.165) is 22.4 Å². The number of anilines is 1. The molecule has 1 aromatic heterocycles. The quantitative estimate of drug-likeness (QED) is 0.597. The van der Waals surface area contributed by atoms with Gasteiger partial charge in [-0.25, -0.2) is 9.78 Å². The van der Waals surface area contributed by atoms with Crippen molar-refractivity contribution >= 4 is 28.7 Å². The van der Waals surface area contributed by atoms with Crippen LogP contribution in [-0.2, 0) is 11.3 Å². The maximum atomic E-state index is 13.7. The molecule has 1 N–H and O–H groups in total. The Labute approximate surface area is 186 Å². The Kier molecular flexibility index (Phi) is 5.57. The van der Waals surface area contributed by atoms with Crippen molar-refractivity contribution in [2.24, 2.45) is 5.92 Å². The van der Waals surface area contributed by atoms with Crippen LogP contribution in [0.3, 0.4) is 0 Å². The lowest BCUT2D eigenvalue weighted by Gasteiger charge is -2.18. The zero-order chi connectivity index (χ0) is 22.8. The SMILES string of the molecule is CC(C)C(=C1C(=O)N(Cc2cccc(C(=O)O)n2)c2ccccc21)c1ccc(C#N)cc1. The number of allylic oxidation sites excluding steroid dienone is 1. The highest BCUT2D eigenvalue weighted by atomic mass is 16.4. The fourth-order valence-corrected chi connectivity index (χ4v) is 4.04. The van der Waals surface area contributed by atoms with Crippen molar-refractivity contribution in [3.63, 3.8) is 0 Å². The molecule has 6 nitrogen and oxygen atoms in total. The molecular weight excluding hydrogens is 402 g/mol. The minimum absolute atomic E-state index is 0.0568. The molecule has 4 rings (SSSR count). The largest absolute Gasteiger partial charge is 0.477 e. The summed E-state index contributed by atoms with van der Waals surface area (Å²) >= 11 is 0. The van der Waals surface area contributed by atoms with Crippen LogP contribution in [0, 0.1) is 17.2 Å². The number of carboxylic acids is 1. The normalized spacial score (nSPS) is 14.3. The second-order valence-corrected chi connectivity index (χ2v) is 7.86. The highest BCUT2D eigenvalue weighted by molar-refractivity contribution is 6.37. The smallest absolute Gasteiger partial charge is 0.354 e. The summed E-state index contributed by atoms with van der Waals surface area (Å²) in [5.41, 5.74) is 5.02. The second-order valence-electron chi connectivity index (χ2n) is 7.86. The third-order valence-electron chi connectivity index (χ3n) is 5.44. The van der Waals surface area contributed by atoms with Gasteiger partial charge in [0.2, 0.25) is 0 Å². The van der Waals surface area contributed by atoms with Crippen LogP contribution in [0.4, 0.5) is 5.69 Å². The van der Waals surface area contributed by atoms with E-state index in [9.17, 15) is 14.7 Å². The summed E-state index contributed by atoms with van der Waals surface area (Å²) < 4.78 is 0. The average Bonchev–Trinajstić information content (AvgIpc) is 3.06. The molecule has 0 saturated heterocycles. The lowest BCUT2D eigenvalue weighted by Crippen LogP contribution is -2.27. The highest BCUT2D eigenvalue weighted by Gasteiger charge is 2.35. The van der Waals surface area contributed by atoms with Crippen molar-refractivity contribution in [1.82, 2.24) is 4.98 Å². The van der Waals surface area contributed by atoms with E-state index in [0.29, 0.717) is 16.8 Å². The number of carbonyl (C=O) groups is 2. The zero-order valence-corrected chi connectivity index (χ0v) is 17.7. The van der Waals surface area contributed by atoms with Gasteiger partial charge >= 0.3 is 5.97 Å². The number of rotatable bonds is 5. The fraction of sp³-hybridized carbons (Fsp3) is 0.154. The van der Waals surface area contributed by atoms with Crippen LogP contribution in [-0.4, -0.2) is 22.0 Å². The Morgan fingerprint density at radius 1 is 1.06 bits per heavy atom. The molecular formula is C26H21N3O3. The first-order valence-corrected chi connectivity index (χ1v) is 10.3. The van der Waals surface area contributed by atoms with Gasteiger partial charge in [-0.3, -0.25) is 4.79 Å². The van der Waals surface area contributed by atoms with Crippen LogP contribution in [0.2, 0.25) is 0 Å². The number of nitriles is 1. The molecule has 0 unspecified atom stereocenters. The first-order chi connectivity index (χ1) is 15.4. The number of aromatic nitrogens is 1. The van der Waals surface area contributed by atoms with E-state index in [2.05, 4.69) is 11.1 Å². The lowest BCUT2D eigenvalue weighted by atomic mass is 9.87. The van der Waals surface area contributed by atoms with E-state index in [-0.39, 0.29) is 24.1 Å². The van der Waals surface area contributed by atoms with Crippen LogP contribution >= 0.6 is 0 Å². The monoisotopic (exact) mass is 423 g/mol. The van der Waals surface area contributed by atoms with Gasteiger partial charge in [0, 0.05) is 5.56 Å². The van der Waals surface area contributed by atoms with Crippen LogP contribution < -0.4 is 4.90 Å². The standard InChI is InChI=1S/C26H21N3O3/c1-16(2)23(18-12-10-17(14-27)11-13-18)24-20-7-3-4-9-22(20)29(25(24)30)15-19-6-5-8-21(28-19)26(31)32/h3-13,16H,15H2,1-2H3,(H,31,32). The molecule has 2 heterocycles. The van der Waals surface area contributed by atoms with Crippen molar-refractivity contribution in [1.29, 1.82) is 5.26 Å². The molecule has 1 aliphatic heterocycles. The predicted octanol–water partition coefficient (Wildman–Crippen LogP) is 4.77. The maximum Gasteiger partial charge on any atom is 0.354 e. The number of carbonyl (C=O) groups excluding carboxylic acids is 1. The number of carboxylic acid groups (broad SMARTS) is 1. The summed E-state index contributed by atoms with van der Waals surface area (Å²) in [5.74, 6) is -1.20. The van der Waals surface area contributed by atoms with E-state index >= 15 is 0 Å². The summed E-state index contributed by atoms with van der Waals surface area (Å²) in [6.45, 7) is 4.24. The van der Waals surface area contributed by atoms with E-state index in [1.54, 1.807) is 29.2 Å². The van der Waals surface area contributed by atoms with Crippen LogP contribution in [0.1, 0.15) is 46.7 Å². The number of fused-ring (bicyclic) bond motifs is 1. The number of amides is 1. The maximum absolute atomic E-state index is 13.7. The van der Waals surface area contributed by atoms with Crippen molar-refractivity contribution < 1.29 is 14.7 Å². The molecule has 0 atom stereocenters. The van der Waals surface area contributed by atoms with E-state index in [1.807, 2.05) is 50.2 Å². The van der Waals surface area contributed by atoms with Crippen LogP contribution in [0.15, 0.2) is 66.7 Å². The summed E-state index contributed by atoms with van der Waals surface area (Å²) in [5, 5.41) is 18.4. The lowest BCUT2D eigenvalue weighted by molar-refractivity contribution is -0.113. The number of benzene rings is 2. The van der Waals surface area contributed by atoms with Gasteiger partial charge in [0.15, 0.2) is 0 Å². The molecule has 0 aliphatic carbocycles. The highest BCUT2D eigenvalue weighted by Crippen LogP contribution is 2.43. The summed E-state index contributed by atoms with van der Waals surface area (Å²) in [7, 11) is 0. The van der Waals surface area contributed by atoms with Gasteiger partial charge in [-0.05, 0) is 47.4 Å². The fourth-order valence-electron chi connectivity index (χ4n) is 4.04. The minimum atomic E-state index is -1.11. The molecule has 0 fully saturated rings. The Hall–Kier alpha value is -4.24. The molecule has 1 aliphatic rings. The number of hydrogen-bond acceptors (Lipinski definition) is 4. The summed E-state index contributed by atoms with van der Waals surface area (Å²) in [4.78, 5) is 30.8. The molecule has 32 heavy (non-hydrogen) atoms. The van der Waals surface area contributed by atoms with Gasteiger partial charge in [0.25, 0.3) is 5.91 Å². The summed E-state index contributed by atoms with van der Waals surface area (Å²) in [6, 6.07) is 21.7. The zero-order valence-electron chi connectivity index (χ0n) is 17.7. The van der Waals surface area contributed by atoms with E-state index in [4.69, 9.17) is 5.26 Å². The van der Waals surface area contributed by atoms with Gasteiger partial charge in [0.05, 0.1) is 35.1 Å². The number of hydrogen-bond donors (Lipinski definition) is 1. The minimum Gasteiger partial charge on any atom is -0.477 e. The van der Waals surface area contributed by atoms with Crippen LogP contribution in [0.5, 0.6) is 0 Å². The molecule has 2 aromatic carbocycles. The molecule has 6 heteroatoms. The van der Waals surface area contributed by atoms with Gasteiger partial charge in [-0.15, -0.1) is 0 Å². The molecule has 0 saturated carbocycles. The topological polar surface area (TPSA) is 94.3 Å². The molecule has 158 valence electrons. The van der Waals surface area contributed by atoms with Crippen molar-refractivity contribution in [3.05, 3.63) is 94.8 Å². The van der Waals surface area contributed by atoms with E-state index in [1.165, 1.54) is 6.07 Å². The average molecular weight is 423 g/mol. The number of pyridine rings is 1. The number of nitrogens with zero attached hydrogens (tertiary/aromatic N) is 3. The third kappa shape index (κ3) is 3.77.